The van der Waals surface area contributed by atoms with E-state index in [1.807, 2.05) is 4.68 Å². The van der Waals surface area contributed by atoms with Crippen molar-refractivity contribution in [2.24, 2.45) is 0 Å². The van der Waals surface area contributed by atoms with E-state index in [9.17, 15) is 0 Å². The Kier molecular flexibility index (Phi) is 2.44. The monoisotopic (exact) mass is 234 g/mol. The van der Waals surface area contributed by atoms with Crippen molar-refractivity contribution in [3.63, 3.8) is 0 Å². The molecule has 90 valence electrons. The van der Waals surface area contributed by atoms with Crippen molar-refractivity contribution in [2.75, 3.05) is 20.3 Å². The summed E-state index contributed by atoms with van der Waals surface area (Å²) in [5, 5.41) is 4.39. The molecule has 0 amide bonds. The van der Waals surface area contributed by atoms with Crippen molar-refractivity contribution in [3.05, 3.63) is 11.9 Å². The first-order chi connectivity index (χ1) is 8.33. The summed E-state index contributed by atoms with van der Waals surface area (Å²) in [5.41, 5.74) is 2.47. The van der Waals surface area contributed by atoms with Crippen LogP contribution in [-0.2, 0) is 11.2 Å². The van der Waals surface area contributed by atoms with E-state index in [0.717, 1.165) is 23.3 Å². The van der Waals surface area contributed by atoms with Gasteiger partial charge in [-0.2, -0.15) is 0 Å². The van der Waals surface area contributed by atoms with Gasteiger partial charge in [0.25, 0.3) is 5.88 Å². The van der Waals surface area contributed by atoms with Crippen LogP contribution in [0.5, 0.6) is 5.88 Å². The average Bonchev–Trinajstić information content (AvgIpc) is 2.65. The van der Waals surface area contributed by atoms with E-state index in [1.54, 1.807) is 13.3 Å². The minimum Gasteiger partial charge on any atom is -0.478 e. The van der Waals surface area contributed by atoms with E-state index < -0.39 is 0 Å². The van der Waals surface area contributed by atoms with Crippen molar-refractivity contribution in [3.8, 4) is 5.88 Å². The Balaban J connectivity index is 2.18. The van der Waals surface area contributed by atoms with Gasteiger partial charge in [0.05, 0.1) is 26.0 Å². The summed E-state index contributed by atoms with van der Waals surface area (Å²) in [6.07, 6.45) is 2.63. The van der Waals surface area contributed by atoms with Gasteiger partial charge in [0.15, 0.2) is 11.2 Å². The molecule has 3 rings (SSSR count). The van der Waals surface area contributed by atoms with Crippen LogP contribution in [0.3, 0.4) is 0 Å². The molecular weight excluding hydrogens is 220 g/mol. The molecule has 0 bridgehead atoms. The van der Waals surface area contributed by atoms with E-state index in [0.29, 0.717) is 19.1 Å². The number of hydrogen-bond acceptors (Lipinski definition) is 5. The third-order valence-corrected chi connectivity index (χ3v) is 2.94. The van der Waals surface area contributed by atoms with Crippen LogP contribution in [0.25, 0.3) is 11.2 Å². The van der Waals surface area contributed by atoms with Crippen LogP contribution in [0.2, 0.25) is 0 Å². The van der Waals surface area contributed by atoms with E-state index in [2.05, 4.69) is 22.0 Å². The Labute approximate surface area is 98.6 Å². The molecule has 0 atom stereocenters. The topological polar surface area (TPSA) is 62.1 Å². The molecule has 2 aromatic rings. The van der Waals surface area contributed by atoms with E-state index >= 15 is 0 Å². The Morgan fingerprint density at radius 1 is 1.53 bits per heavy atom. The highest BCUT2D eigenvalue weighted by atomic mass is 16.5. The molecule has 2 aromatic heterocycles. The molecule has 0 spiro atoms. The first-order valence-corrected chi connectivity index (χ1v) is 5.69. The lowest BCUT2D eigenvalue weighted by Crippen LogP contribution is -2.31. The molecule has 0 aliphatic carbocycles. The highest BCUT2D eigenvalue weighted by molar-refractivity contribution is 5.76. The second-order valence-electron chi connectivity index (χ2n) is 4.03. The van der Waals surface area contributed by atoms with Crippen molar-refractivity contribution in [1.82, 2.24) is 19.7 Å². The average molecular weight is 234 g/mol. The van der Waals surface area contributed by atoms with Crippen LogP contribution < -0.4 is 4.74 Å². The lowest BCUT2D eigenvalue weighted by molar-refractivity contribution is -0.0272. The van der Waals surface area contributed by atoms with E-state index in [-0.39, 0.29) is 6.04 Å². The maximum absolute atomic E-state index is 5.23. The molecule has 6 heteroatoms. The van der Waals surface area contributed by atoms with Crippen molar-refractivity contribution in [1.29, 1.82) is 0 Å². The number of rotatable bonds is 3. The Morgan fingerprint density at radius 3 is 2.94 bits per heavy atom. The zero-order valence-electron chi connectivity index (χ0n) is 9.88. The van der Waals surface area contributed by atoms with Gasteiger partial charge in [-0.15, -0.1) is 5.10 Å². The Hall–Kier alpha value is -1.69. The molecule has 0 saturated carbocycles. The molecule has 1 fully saturated rings. The Morgan fingerprint density at radius 2 is 2.35 bits per heavy atom. The predicted molar refractivity (Wildman–Crippen MR) is 61.1 cm³/mol. The molecule has 0 radical (unpaired) electrons. The fraction of sp³-hybridized carbons (Fsp3) is 0.545. The first-order valence-electron chi connectivity index (χ1n) is 5.69. The third kappa shape index (κ3) is 1.56. The molecule has 0 N–H and O–H groups in total. The van der Waals surface area contributed by atoms with Gasteiger partial charge in [0, 0.05) is 6.20 Å². The molecule has 1 aliphatic heterocycles. The lowest BCUT2D eigenvalue weighted by Gasteiger charge is -2.26. The molecule has 0 unspecified atom stereocenters. The molecular formula is C11H14N4O2. The largest absolute Gasteiger partial charge is 0.478 e. The number of aryl methyl sites for hydroxylation is 1. The van der Waals surface area contributed by atoms with Gasteiger partial charge in [0.1, 0.15) is 6.04 Å². The summed E-state index contributed by atoms with van der Waals surface area (Å²) in [6, 6.07) is 0.253. The molecule has 0 aromatic carbocycles. The van der Waals surface area contributed by atoms with Gasteiger partial charge in [0.2, 0.25) is 0 Å². The highest BCUT2D eigenvalue weighted by Gasteiger charge is 2.26. The lowest BCUT2D eigenvalue weighted by atomic mass is 10.2. The quantitative estimate of drug-likeness (QED) is 0.791. The normalized spacial score (nSPS) is 16.1. The van der Waals surface area contributed by atoms with Crippen molar-refractivity contribution < 1.29 is 9.47 Å². The smallest absolute Gasteiger partial charge is 0.261 e. The van der Waals surface area contributed by atoms with Gasteiger partial charge in [-0.25, -0.2) is 14.6 Å². The summed E-state index contributed by atoms with van der Waals surface area (Å²) in [4.78, 5) is 8.94. The number of methoxy groups -OCH3 is 1. The van der Waals surface area contributed by atoms with E-state index in [1.165, 1.54) is 0 Å². The van der Waals surface area contributed by atoms with Crippen LogP contribution in [0.1, 0.15) is 18.7 Å². The predicted octanol–water partition coefficient (Wildman–Crippen LogP) is 0.969. The van der Waals surface area contributed by atoms with E-state index in [4.69, 9.17) is 9.47 Å². The van der Waals surface area contributed by atoms with Gasteiger partial charge in [-0.3, -0.25) is 0 Å². The van der Waals surface area contributed by atoms with Crippen molar-refractivity contribution >= 4 is 11.2 Å². The molecule has 1 aliphatic rings. The molecule has 6 nitrogen and oxygen atoms in total. The summed E-state index contributed by atoms with van der Waals surface area (Å²) in [5.74, 6) is 0.530. The van der Waals surface area contributed by atoms with Crippen molar-refractivity contribution in [2.45, 2.75) is 19.4 Å². The maximum Gasteiger partial charge on any atom is 0.261 e. The van der Waals surface area contributed by atoms with Gasteiger partial charge in [-0.1, -0.05) is 6.92 Å². The maximum atomic E-state index is 5.23. The fourth-order valence-corrected chi connectivity index (χ4v) is 1.84. The zero-order valence-corrected chi connectivity index (χ0v) is 9.88. The third-order valence-electron chi connectivity index (χ3n) is 2.94. The number of aromatic nitrogens is 4. The highest BCUT2D eigenvalue weighted by Crippen LogP contribution is 2.27. The number of ether oxygens (including phenoxy) is 2. The molecule has 3 heterocycles. The number of nitrogens with zero attached hydrogens (tertiary/aromatic N) is 4. The Bertz CT molecular complexity index is 548. The SMILES string of the molecule is CCc1cnc2c(OC)nn(C3COC3)c2n1. The van der Waals surface area contributed by atoms with Crippen LogP contribution >= 0.6 is 0 Å². The van der Waals surface area contributed by atoms with Crippen LogP contribution in [0.4, 0.5) is 0 Å². The number of fused-ring (bicyclic) bond motifs is 1. The zero-order chi connectivity index (χ0) is 11.8. The standard InChI is InChI=1S/C11H14N4O2/c1-3-7-4-12-9-10(13-7)15(8-5-17-6-8)14-11(9)16-2/h4,8H,3,5-6H2,1-2H3. The summed E-state index contributed by atoms with van der Waals surface area (Å²) in [7, 11) is 1.60. The van der Waals surface area contributed by atoms with Crippen LogP contribution in [0.15, 0.2) is 6.20 Å². The molecule has 17 heavy (non-hydrogen) atoms. The summed E-state index contributed by atoms with van der Waals surface area (Å²) >= 11 is 0. The van der Waals surface area contributed by atoms with Crippen LogP contribution in [-0.4, -0.2) is 40.1 Å². The van der Waals surface area contributed by atoms with Gasteiger partial charge >= 0.3 is 0 Å². The number of hydrogen-bond donors (Lipinski definition) is 0. The second-order valence-corrected chi connectivity index (χ2v) is 4.03. The van der Waals surface area contributed by atoms with Gasteiger partial charge < -0.3 is 9.47 Å². The summed E-state index contributed by atoms with van der Waals surface area (Å²) in [6.45, 7) is 3.41. The summed E-state index contributed by atoms with van der Waals surface area (Å²) < 4.78 is 12.3. The second kappa shape index (κ2) is 3.96. The van der Waals surface area contributed by atoms with Gasteiger partial charge in [-0.05, 0) is 6.42 Å². The molecule has 1 saturated heterocycles. The first kappa shape index (κ1) is 10.5. The fourth-order valence-electron chi connectivity index (χ4n) is 1.84. The minimum absolute atomic E-state index is 0.253. The minimum atomic E-state index is 0.253. The van der Waals surface area contributed by atoms with Crippen LogP contribution in [0, 0.1) is 0 Å².